The molecule has 0 spiro atoms. The summed E-state index contributed by atoms with van der Waals surface area (Å²) in [5, 5.41) is 0.166. The first-order valence-corrected chi connectivity index (χ1v) is 11.5. The number of benzene rings is 2. The number of aryl methyl sites for hydroxylation is 3. The lowest BCUT2D eigenvalue weighted by atomic mass is 10.1. The summed E-state index contributed by atoms with van der Waals surface area (Å²) in [5.41, 5.74) is 2.91. The van der Waals surface area contributed by atoms with Crippen LogP contribution in [0.5, 0.6) is 0 Å². The van der Waals surface area contributed by atoms with Gasteiger partial charge in [-0.05, 0) is 55.2 Å². The van der Waals surface area contributed by atoms with Gasteiger partial charge in [-0.25, -0.2) is 9.18 Å². The Labute approximate surface area is 200 Å². The van der Waals surface area contributed by atoms with Gasteiger partial charge in [0.05, 0.1) is 6.54 Å². The third-order valence-corrected chi connectivity index (χ3v) is 6.69. The molecule has 9 heteroatoms. The number of halogens is 2. The molecule has 3 heterocycles. The molecule has 0 saturated heterocycles. The van der Waals surface area contributed by atoms with Gasteiger partial charge in [-0.2, -0.15) is 4.98 Å². The lowest BCUT2D eigenvalue weighted by molar-refractivity contribution is 0.458. The molecule has 0 fully saturated rings. The van der Waals surface area contributed by atoms with Crippen LogP contribution in [0.3, 0.4) is 0 Å². The van der Waals surface area contributed by atoms with Gasteiger partial charge in [-0.1, -0.05) is 30.7 Å². The Kier molecular flexibility index (Phi) is 5.36. The second-order valence-corrected chi connectivity index (χ2v) is 9.60. The van der Waals surface area contributed by atoms with E-state index < -0.39 is 17.1 Å². The molecule has 0 saturated carbocycles. The summed E-state index contributed by atoms with van der Waals surface area (Å²) in [5.74, 6) is 0.287. The van der Waals surface area contributed by atoms with E-state index in [1.807, 2.05) is 18.4 Å². The number of hydrogen-bond donors (Lipinski definition) is 0. The van der Waals surface area contributed by atoms with Crippen LogP contribution in [0.1, 0.15) is 23.6 Å². The highest BCUT2D eigenvalue weighted by Crippen LogP contribution is 2.33. The van der Waals surface area contributed by atoms with Crippen LogP contribution in [0.4, 0.5) is 16.0 Å². The van der Waals surface area contributed by atoms with Crippen molar-refractivity contribution in [1.29, 1.82) is 0 Å². The van der Waals surface area contributed by atoms with Gasteiger partial charge in [0, 0.05) is 36.4 Å². The monoisotopic (exact) mass is 481 g/mol. The maximum Gasteiger partial charge on any atom is 0.332 e. The first kappa shape index (κ1) is 22.4. The molecule has 2 aromatic carbocycles. The molecule has 0 bridgehead atoms. The molecule has 0 radical (unpaired) electrons. The number of fused-ring (bicyclic) bond motifs is 3. The van der Waals surface area contributed by atoms with Gasteiger partial charge >= 0.3 is 5.69 Å². The summed E-state index contributed by atoms with van der Waals surface area (Å²) in [7, 11) is 1.58. The van der Waals surface area contributed by atoms with E-state index in [0.29, 0.717) is 23.7 Å². The van der Waals surface area contributed by atoms with Gasteiger partial charge in [0.15, 0.2) is 11.2 Å². The largest absolute Gasteiger partial charge is 0.332 e. The first-order chi connectivity index (χ1) is 16.2. The molecular formula is C25H25ClFN5O2. The Hall–Kier alpha value is -3.39. The zero-order chi connectivity index (χ0) is 24.3. The number of anilines is 2. The second-order valence-electron chi connectivity index (χ2n) is 9.19. The summed E-state index contributed by atoms with van der Waals surface area (Å²) < 4.78 is 18.7. The van der Waals surface area contributed by atoms with Crippen molar-refractivity contribution in [3.05, 3.63) is 84.8 Å². The lowest BCUT2D eigenvalue weighted by Crippen LogP contribution is -2.41. The molecule has 0 amide bonds. The number of rotatable bonds is 3. The maximum absolute atomic E-state index is 14.4. The van der Waals surface area contributed by atoms with Crippen molar-refractivity contribution in [1.82, 2.24) is 18.7 Å². The zero-order valence-corrected chi connectivity index (χ0v) is 20.2. The van der Waals surface area contributed by atoms with Crippen molar-refractivity contribution in [3.63, 3.8) is 0 Å². The highest BCUT2D eigenvalue weighted by Gasteiger charge is 2.30. The van der Waals surface area contributed by atoms with E-state index in [4.69, 9.17) is 16.6 Å². The smallest absolute Gasteiger partial charge is 0.312 e. The van der Waals surface area contributed by atoms with Crippen LogP contribution in [0.15, 0.2) is 46.0 Å². The Morgan fingerprint density at radius 1 is 1.12 bits per heavy atom. The van der Waals surface area contributed by atoms with Crippen LogP contribution in [0.25, 0.3) is 11.2 Å². The number of hydrogen-bond acceptors (Lipinski definition) is 4. The molecular weight excluding hydrogens is 457 g/mol. The Morgan fingerprint density at radius 3 is 2.50 bits per heavy atom. The van der Waals surface area contributed by atoms with E-state index in [1.54, 1.807) is 7.05 Å². The minimum absolute atomic E-state index is 0.103. The highest BCUT2D eigenvalue weighted by molar-refractivity contribution is 6.31. The third kappa shape index (κ3) is 3.53. The zero-order valence-electron chi connectivity index (χ0n) is 19.5. The van der Waals surface area contributed by atoms with Crippen LogP contribution in [-0.2, 0) is 20.1 Å². The summed E-state index contributed by atoms with van der Waals surface area (Å²) >= 11 is 6.18. The number of nitrogens with zero attached hydrogens (tertiary/aromatic N) is 5. The molecule has 7 nitrogen and oxygen atoms in total. The fourth-order valence-electron chi connectivity index (χ4n) is 4.81. The van der Waals surface area contributed by atoms with Crippen molar-refractivity contribution < 1.29 is 4.39 Å². The average Bonchev–Trinajstić information content (AvgIpc) is 3.15. The quantitative estimate of drug-likeness (QED) is 0.441. The SMILES string of the molecule is Cc1cc(C)cc(N2CC(C)Cn3c2nc2c3c(=O)n(Cc3c(F)cccc3Cl)c(=O)n2C)c1. The summed E-state index contributed by atoms with van der Waals surface area (Å²) in [6.45, 7) is 7.26. The van der Waals surface area contributed by atoms with E-state index in [2.05, 4.69) is 30.0 Å². The molecule has 34 heavy (non-hydrogen) atoms. The predicted octanol–water partition coefficient (Wildman–Crippen LogP) is 4.14. The number of aromatic nitrogens is 4. The average molecular weight is 482 g/mol. The molecule has 1 unspecified atom stereocenters. The van der Waals surface area contributed by atoms with Crippen LogP contribution >= 0.6 is 11.6 Å². The third-order valence-electron chi connectivity index (χ3n) is 6.34. The minimum Gasteiger partial charge on any atom is -0.312 e. The van der Waals surface area contributed by atoms with Gasteiger partial charge < -0.3 is 9.47 Å². The molecule has 1 atom stereocenters. The molecule has 4 aromatic rings. The summed E-state index contributed by atoms with van der Waals surface area (Å²) in [4.78, 5) is 33.6. The molecule has 2 aromatic heterocycles. The minimum atomic E-state index is -0.571. The van der Waals surface area contributed by atoms with Gasteiger partial charge in [0.2, 0.25) is 5.95 Å². The predicted molar refractivity (Wildman–Crippen MR) is 132 cm³/mol. The van der Waals surface area contributed by atoms with Crippen LogP contribution in [0, 0.1) is 25.6 Å². The van der Waals surface area contributed by atoms with Crippen LogP contribution in [0.2, 0.25) is 5.02 Å². The molecule has 1 aliphatic rings. The van der Waals surface area contributed by atoms with E-state index in [1.165, 1.54) is 22.8 Å². The van der Waals surface area contributed by atoms with Gasteiger partial charge in [0.1, 0.15) is 5.82 Å². The van der Waals surface area contributed by atoms with E-state index in [-0.39, 0.29) is 23.0 Å². The fraction of sp³-hybridized carbons (Fsp3) is 0.320. The van der Waals surface area contributed by atoms with Gasteiger partial charge in [-0.3, -0.25) is 13.9 Å². The Morgan fingerprint density at radius 2 is 1.82 bits per heavy atom. The van der Waals surface area contributed by atoms with E-state index in [9.17, 15) is 14.0 Å². The van der Waals surface area contributed by atoms with Crippen LogP contribution in [-0.4, -0.2) is 25.2 Å². The van der Waals surface area contributed by atoms with Crippen molar-refractivity contribution in [2.24, 2.45) is 13.0 Å². The number of imidazole rings is 1. The lowest BCUT2D eigenvalue weighted by Gasteiger charge is -2.33. The summed E-state index contributed by atoms with van der Waals surface area (Å²) in [6, 6.07) is 10.6. The second kappa shape index (κ2) is 8.13. The standard InChI is InChI=1S/C25H25ClFN5O2/c1-14-8-15(2)10-17(9-14)30-11-16(3)12-31-21-22(28-24(30)31)29(4)25(34)32(23(21)33)13-18-19(26)6-5-7-20(18)27/h5-10,16H,11-13H2,1-4H3. The summed E-state index contributed by atoms with van der Waals surface area (Å²) in [6.07, 6.45) is 0. The van der Waals surface area contributed by atoms with Crippen molar-refractivity contribution in [2.45, 2.75) is 33.9 Å². The van der Waals surface area contributed by atoms with Crippen LogP contribution < -0.4 is 16.1 Å². The molecule has 1 aliphatic heterocycles. The maximum atomic E-state index is 14.4. The molecule has 0 aliphatic carbocycles. The molecule has 5 rings (SSSR count). The topological polar surface area (TPSA) is 65.1 Å². The molecule has 176 valence electrons. The fourth-order valence-corrected chi connectivity index (χ4v) is 5.03. The highest BCUT2D eigenvalue weighted by atomic mass is 35.5. The first-order valence-electron chi connectivity index (χ1n) is 11.1. The normalized spacial score (nSPS) is 15.7. The van der Waals surface area contributed by atoms with Gasteiger partial charge in [-0.15, -0.1) is 0 Å². The van der Waals surface area contributed by atoms with Crippen molar-refractivity contribution >= 4 is 34.4 Å². The van der Waals surface area contributed by atoms with E-state index in [0.717, 1.165) is 27.9 Å². The van der Waals surface area contributed by atoms with Crippen molar-refractivity contribution in [2.75, 3.05) is 11.4 Å². The molecule has 0 N–H and O–H groups in total. The Bertz CT molecular complexity index is 1530. The Balaban J connectivity index is 1.75. The van der Waals surface area contributed by atoms with Crippen molar-refractivity contribution in [3.8, 4) is 0 Å². The van der Waals surface area contributed by atoms with E-state index >= 15 is 0 Å². The van der Waals surface area contributed by atoms with Gasteiger partial charge in [0.25, 0.3) is 5.56 Å².